The maximum Gasteiger partial charge on any atom is 0.387 e. The number of benzene rings is 2. The van der Waals surface area contributed by atoms with E-state index in [0.29, 0.717) is 17.7 Å². The van der Waals surface area contributed by atoms with Crippen LogP contribution in [0, 0.1) is 18.6 Å². The lowest BCUT2D eigenvalue weighted by Gasteiger charge is -2.38. The van der Waals surface area contributed by atoms with Crippen molar-refractivity contribution in [3.05, 3.63) is 59.2 Å². The minimum absolute atomic E-state index is 0.0146. The van der Waals surface area contributed by atoms with Gasteiger partial charge in [0, 0.05) is 11.6 Å². The van der Waals surface area contributed by atoms with Gasteiger partial charge in [-0.1, -0.05) is 6.07 Å². The van der Waals surface area contributed by atoms with E-state index in [2.05, 4.69) is 15.0 Å². The SMILES string of the molecule is Cc1cc(OC(F)F)ccc1N=C1NC(=O)C(F)C2CCC(c3ccc(F)cc3F)N12. The summed E-state index contributed by atoms with van der Waals surface area (Å²) in [5.74, 6) is -2.42. The molecule has 2 heterocycles. The van der Waals surface area contributed by atoms with Crippen molar-refractivity contribution < 1.29 is 31.5 Å². The van der Waals surface area contributed by atoms with Crippen molar-refractivity contribution in [2.24, 2.45) is 4.99 Å². The molecule has 1 amide bonds. The zero-order valence-corrected chi connectivity index (χ0v) is 16.3. The number of rotatable bonds is 4. The van der Waals surface area contributed by atoms with Gasteiger partial charge >= 0.3 is 6.61 Å². The smallest absolute Gasteiger partial charge is 0.387 e. The predicted octanol–water partition coefficient (Wildman–Crippen LogP) is 4.54. The molecule has 0 saturated carbocycles. The number of hydrogen-bond donors (Lipinski definition) is 1. The van der Waals surface area contributed by atoms with Gasteiger partial charge in [0.2, 0.25) is 5.96 Å². The lowest BCUT2D eigenvalue weighted by Crippen LogP contribution is -2.60. The largest absolute Gasteiger partial charge is 0.435 e. The molecule has 5 nitrogen and oxygen atoms in total. The molecule has 2 aliphatic rings. The molecule has 2 aromatic rings. The van der Waals surface area contributed by atoms with Gasteiger partial charge in [0.05, 0.1) is 17.8 Å². The van der Waals surface area contributed by atoms with Gasteiger partial charge in [0.1, 0.15) is 17.4 Å². The first-order chi connectivity index (χ1) is 14.7. The maximum atomic E-state index is 14.6. The average Bonchev–Trinajstić information content (AvgIpc) is 3.12. The number of aliphatic imine (C=N–C) groups is 1. The molecule has 0 bridgehead atoms. The van der Waals surface area contributed by atoms with Crippen molar-refractivity contribution >= 4 is 17.6 Å². The molecule has 2 fully saturated rings. The van der Waals surface area contributed by atoms with Crippen molar-refractivity contribution in [3.8, 4) is 5.75 Å². The molecule has 1 N–H and O–H groups in total. The van der Waals surface area contributed by atoms with Gasteiger partial charge < -0.3 is 9.64 Å². The van der Waals surface area contributed by atoms with E-state index in [1.165, 1.54) is 29.2 Å². The molecule has 4 rings (SSSR count). The molecule has 0 aliphatic carbocycles. The van der Waals surface area contributed by atoms with Gasteiger partial charge in [-0.25, -0.2) is 18.2 Å². The number of carbonyl (C=O) groups is 1. The molecule has 3 atom stereocenters. The first-order valence-electron chi connectivity index (χ1n) is 9.57. The second-order valence-corrected chi connectivity index (χ2v) is 7.39. The van der Waals surface area contributed by atoms with Crippen LogP contribution in [0.4, 0.5) is 27.6 Å². The molecule has 3 unspecified atom stereocenters. The topological polar surface area (TPSA) is 53.9 Å². The maximum absolute atomic E-state index is 14.6. The fourth-order valence-corrected chi connectivity index (χ4v) is 4.05. The molecule has 2 aromatic carbocycles. The molecule has 164 valence electrons. The van der Waals surface area contributed by atoms with Crippen molar-refractivity contribution in [1.29, 1.82) is 0 Å². The number of carbonyl (C=O) groups excluding carboxylic acids is 1. The molecule has 2 aliphatic heterocycles. The van der Waals surface area contributed by atoms with E-state index in [1.54, 1.807) is 6.92 Å². The highest BCUT2D eigenvalue weighted by molar-refractivity contribution is 6.03. The molecular formula is C21H18F5N3O2. The molecule has 10 heteroatoms. The lowest BCUT2D eigenvalue weighted by atomic mass is 10.0. The number of amides is 1. The highest BCUT2D eigenvalue weighted by atomic mass is 19.3. The van der Waals surface area contributed by atoms with Crippen LogP contribution in [0.15, 0.2) is 41.4 Å². The van der Waals surface area contributed by atoms with E-state index in [1.807, 2.05) is 0 Å². The minimum Gasteiger partial charge on any atom is -0.435 e. The summed E-state index contributed by atoms with van der Waals surface area (Å²) in [5.41, 5.74) is 0.970. The fraction of sp³-hybridized carbons (Fsp3) is 0.333. The summed E-state index contributed by atoms with van der Waals surface area (Å²) in [5, 5.41) is 2.40. The summed E-state index contributed by atoms with van der Waals surface area (Å²) in [7, 11) is 0. The van der Waals surface area contributed by atoms with Gasteiger partial charge in [-0.2, -0.15) is 8.78 Å². The zero-order chi connectivity index (χ0) is 22.3. The van der Waals surface area contributed by atoms with Gasteiger partial charge in [0.15, 0.2) is 6.17 Å². The standard InChI is InChI=1S/C21H18F5N3O2/c1-10-8-12(31-20(25)26)3-5-15(10)27-21-28-19(30)18(24)17-7-6-16(29(17)21)13-4-2-11(22)9-14(13)23/h2-5,8-9,16-18,20H,6-7H2,1H3,(H,27,28,30). The third-order valence-electron chi connectivity index (χ3n) is 5.44. The van der Waals surface area contributed by atoms with Crippen LogP contribution >= 0.6 is 0 Å². The number of nitrogens with zero attached hydrogens (tertiary/aromatic N) is 2. The summed E-state index contributed by atoms with van der Waals surface area (Å²) < 4.78 is 71.6. The van der Waals surface area contributed by atoms with Crippen molar-refractivity contribution in [1.82, 2.24) is 10.2 Å². The number of aryl methyl sites for hydroxylation is 1. The van der Waals surface area contributed by atoms with Crippen LogP contribution in [0.1, 0.15) is 30.0 Å². The van der Waals surface area contributed by atoms with E-state index in [-0.39, 0.29) is 23.7 Å². The minimum atomic E-state index is -2.98. The van der Waals surface area contributed by atoms with E-state index in [4.69, 9.17) is 0 Å². The first-order valence-corrected chi connectivity index (χ1v) is 9.57. The third-order valence-corrected chi connectivity index (χ3v) is 5.44. The summed E-state index contributed by atoms with van der Waals surface area (Å²) in [4.78, 5) is 18.0. The Labute approximate surface area is 174 Å². The molecule has 2 saturated heterocycles. The van der Waals surface area contributed by atoms with Gasteiger partial charge in [-0.05, 0) is 49.6 Å². The Balaban J connectivity index is 1.72. The number of hydrogen-bond acceptors (Lipinski definition) is 3. The number of guanidine groups is 1. The normalized spacial score (nSPS) is 24.5. The number of alkyl halides is 3. The summed E-state index contributed by atoms with van der Waals surface area (Å²) in [6.45, 7) is -1.37. The van der Waals surface area contributed by atoms with E-state index < -0.39 is 42.4 Å². The Morgan fingerprint density at radius 2 is 1.94 bits per heavy atom. The number of halogens is 5. The van der Waals surface area contributed by atoms with E-state index >= 15 is 0 Å². The second-order valence-electron chi connectivity index (χ2n) is 7.39. The van der Waals surface area contributed by atoms with E-state index in [9.17, 15) is 26.7 Å². The highest BCUT2D eigenvalue weighted by Crippen LogP contribution is 2.41. The van der Waals surface area contributed by atoms with Crippen molar-refractivity contribution in [2.75, 3.05) is 0 Å². The Morgan fingerprint density at radius 1 is 1.16 bits per heavy atom. The van der Waals surface area contributed by atoms with Crippen LogP contribution < -0.4 is 10.1 Å². The Bertz CT molecular complexity index is 1050. The Hall–Kier alpha value is -3.17. The predicted molar refractivity (Wildman–Crippen MR) is 102 cm³/mol. The summed E-state index contributed by atoms with van der Waals surface area (Å²) in [6.07, 6.45) is -1.23. The number of ether oxygens (including phenoxy) is 1. The van der Waals surface area contributed by atoms with Crippen LogP contribution in [0.25, 0.3) is 0 Å². The van der Waals surface area contributed by atoms with Crippen LogP contribution in [0.3, 0.4) is 0 Å². The number of nitrogens with one attached hydrogen (secondary N) is 1. The van der Waals surface area contributed by atoms with Gasteiger partial charge in [-0.15, -0.1) is 0 Å². The van der Waals surface area contributed by atoms with E-state index in [0.717, 1.165) is 12.1 Å². The van der Waals surface area contributed by atoms with Crippen LogP contribution in [0.2, 0.25) is 0 Å². The molecule has 0 radical (unpaired) electrons. The molecule has 31 heavy (non-hydrogen) atoms. The van der Waals surface area contributed by atoms with Crippen LogP contribution in [0.5, 0.6) is 5.75 Å². The van der Waals surface area contributed by atoms with Crippen LogP contribution in [-0.4, -0.2) is 35.6 Å². The van der Waals surface area contributed by atoms with Gasteiger partial charge in [0.25, 0.3) is 5.91 Å². The molecule has 0 aromatic heterocycles. The number of fused-ring (bicyclic) bond motifs is 1. The highest BCUT2D eigenvalue weighted by Gasteiger charge is 2.48. The monoisotopic (exact) mass is 439 g/mol. The Morgan fingerprint density at radius 3 is 2.61 bits per heavy atom. The second kappa shape index (κ2) is 8.16. The zero-order valence-electron chi connectivity index (χ0n) is 16.3. The van der Waals surface area contributed by atoms with Gasteiger partial charge in [-0.3, -0.25) is 10.1 Å². The Kier molecular flexibility index (Phi) is 5.55. The quantitative estimate of drug-likeness (QED) is 0.712. The van der Waals surface area contributed by atoms with Crippen molar-refractivity contribution in [2.45, 2.75) is 44.6 Å². The summed E-state index contributed by atoms with van der Waals surface area (Å²) >= 11 is 0. The fourth-order valence-electron chi connectivity index (χ4n) is 4.05. The third kappa shape index (κ3) is 4.06. The van der Waals surface area contributed by atoms with Crippen molar-refractivity contribution in [3.63, 3.8) is 0 Å². The summed E-state index contributed by atoms with van der Waals surface area (Å²) in [6, 6.07) is 5.71. The molecular weight excluding hydrogens is 421 g/mol. The molecule has 0 spiro atoms. The first kappa shape index (κ1) is 21.1. The lowest BCUT2D eigenvalue weighted by molar-refractivity contribution is -0.128. The van der Waals surface area contributed by atoms with Crippen LogP contribution in [-0.2, 0) is 4.79 Å². The average molecular weight is 439 g/mol.